The molecule has 0 rings (SSSR count). The first-order chi connectivity index (χ1) is 6.16. The summed E-state index contributed by atoms with van der Waals surface area (Å²) in [5.41, 5.74) is 0. The largest absolute Gasteiger partial charge is 0.352 e. The number of unbranched alkanes of at least 4 members (excludes halogenated alkanes) is 1. The van der Waals surface area contributed by atoms with Crippen LogP contribution in [-0.2, 0) is 4.79 Å². The van der Waals surface area contributed by atoms with Crippen LogP contribution in [-0.4, -0.2) is 12.5 Å². The third kappa shape index (κ3) is 8.68. The van der Waals surface area contributed by atoms with Crippen LogP contribution in [0.3, 0.4) is 0 Å². The number of rotatable bonds is 5. The van der Waals surface area contributed by atoms with Crippen molar-refractivity contribution in [2.24, 2.45) is 5.92 Å². The Labute approximate surface area is 80.4 Å². The van der Waals surface area contributed by atoms with Gasteiger partial charge in [-0.2, -0.15) is 0 Å². The first-order valence-corrected chi connectivity index (χ1v) is 4.54. The summed E-state index contributed by atoms with van der Waals surface area (Å²) < 4.78 is 0. The molecular formula is C11H17NO. The normalized spacial score (nSPS) is 10.3. The maximum absolute atomic E-state index is 11.1. The summed E-state index contributed by atoms with van der Waals surface area (Å²) in [6.45, 7) is 4.84. The van der Waals surface area contributed by atoms with Crippen LogP contribution in [0.5, 0.6) is 0 Å². The van der Waals surface area contributed by atoms with Crippen molar-refractivity contribution in [3.63, 3.8) is 0 Å². The lowest BCUT2D eigenvalue weighted by Gasteiger charge is -2.03. The predicted octanol–water partition coefficient (Wildman–Crippen LogP) is 1.73. The van der Waals surface area contributed by atoms with Crippen molar-refractivity contribution in [3.8, 4) is 12.3 Å². The van der Waals surface area contributed by atoms with Gasteiger partial charge in [0.25, 0.3) is 0 Å². The van der Waals surface area contributed by atoms with Gasteiger partial charge in [0.15, 0.2) is 0 Å². The fraction of sp³-hybridized carbons (Fsp3) is 0.545. The minimum absolute atomic E-state index is 0.0364. The van der Waals surface area contributed by atoms with E-state index in [9.17, 15) is 4.79 Å². The van der Waals surface area contributed by atoms with Crippen molar-refractivity contribution in [1.29, 1.82) is 0 Å². The van der Waals surface area contributed by atoms with Crippen LogP contribution in [0.1, 0.15) is 26.7 Å². The lowest BCUT2D eigenvalue weighted by atomic mass is 10.2. The highest BCUT2D eigenvalue weighted by atomic mass is 16.1. The molecule has 0 fully saturated rings. The molecule has 0 spiro atoms. The van der Waals surface area contributed by atoms with Crippen molar-refractivity contribution in [2.75, 3.05) is 6.54 Å². The van der Waals surface area contributed by atoms with E-state index in [0.717, 1.165) is 13.0 Å². The van der Waals surface area contributed by atoms with Gasteiger partial charge in [-0.1, -0.05) is 19.9 Å². The topological polar surface area (TPSA) is 29.1 Å². The van der Waals surface area contributed by atoms with Crippen LogP contribution in [0, 0.1) is 18.3 Å². The molecule has 0 aromatic heterocycles. The number of nitrogens with one attached hydrogen (secondary N) is 1. The number of carbonyl (C=O) groups excluding carboxylic acids is 1. The first-order valence-electron chi connectivity index (χ1n) is 4.54. The van der Waals surface area contributed by atoms with E-state index in [1.807, 2.05) is 0 Å². The predicted molar refractivity (Wildman–Crippen MR) is 55.1 cm³/mol. The van der Waals surface area contributed by atoms with E-state index in [1.165, 1.54) is 0 Å². The highest BCUT2D eigenvalue weighted by Crippen LogP contribution is 1.90. The molecule has 0 aromatic rings. The molecule has 0 saturated carbocycles. The maximum Gasteiger partial charge on any atom is 0.243 e. The summed E-state index contributed by atoms with van der Waals surface area (Å²) in [5.74, 6) is 2.96. The Balaban J connectivity index is 3.51. The highest BCUT2D eigenvalue weighted by Gasteiger charge is 1.95. The number of terminal acetylenes is 1. The second-order valence-electron chi connectivity index (χ2n) is 3.28. The fourth-order valence-electron chi connectivity index (χ4n) is 0.721. The number of hydrogen-bond acceptors (Lipinski definition) is 1. The Bertz CT molecular complexity index is 211. The zero-order valence-corrected chi connectivity index (χ0v) is 8.34. The molecule has 0 aliphatic carbocycles. The second-order valence-corrected chi connectivity index (χ2v) is 3.28. The average molecular weight is 179 g/mol. The van der Waals surface area contributed by atoms with Crippen LogP contribution < -0.4 is 5.32 Å². The second kappa shape index (κ2) is 7.42. The molecule has 0 heterocycles. The van der Waals surface area contributed by atoms with Crippen molar-refractivity contribution in [2.45, 2.75) is 26.7 Å². The van der Waals surface area contributed by atoms with Crippen molar-refractivity contribution < 1.29 is 4.79 Å². The van der Waals surface area contributed by atoms with Gasteiger partial charge in [-0.15, -0.1) is 12.3 Å². The molecular weight excluding hydrogens is 162 g/mol. The smallest absolute Gasteiger partial charge is 0.243 e. The maximum atomic E-state index is 11.1. The summed E-state index contributed by atoms with van der Waals surface area (Å²) in [6, 6.07) is 0. The SMILES string of the molecule is C#CCC/C=C/C(=O)NCC(C)C. The van der Waals surface area contributed by atoms with Gasteiger partial charge in [-0.25, -0.2) is 0 Å². The number of allylic oxidation sites excluding steroid dienone is 1. The van der Waals surface area contributed by atoms with Gasteiger partial charge in [-0.3, -0.25) is 4.79 Å². The molecule has 1 amide bonds. The lowest BCUT2D eigenvalue weighted by Crippen LogP contribution is -2.25. The van der Waals surface area contributed by atoms with Gasteiger partial charge < -0.3 is 5.32 Å². The molecule has 0 radical (unpaired) electrons. The van der Waals surface area contributed by atoms with E-state index in [1.54, 1.807) is 12.2 Å². The third-order valence-corrected chi connectivity index (χ3v) is 1.41. The Morgan fingerprint density at radius 3 is 2.85 bits per heavy atom. The van der Waals surface area contributed by atoms with Gasteiger partial charge in [0.2, 0.25) is 5.91 Å². The van der Waals surface area contributed by atoms with Crippen LogP contribution in [0.4, 0.5) is 0 Å². The van der Waals surface area contributed by atoms with Gasteiger partial charge in [0, 0.05) is 13.0 Å². The molecule has 0 aromatic carbocycles. The lowest BCUT2D eigenvalue weighted by molar-refractivity contribution is -0.116. The summed E-state index contributed by atoms with van der Waals surface area (Å²) in [5, 5.41) is 2.78. The van der Waals surface area contributed by atoms with Gasteiger partial charge in [0.1, 0.15) is 0 Å². The summed E-state index contributed by atoms with van der Waals surface area (Å²) in [7, 11) is 0. The van der Waals surface area contributed by atoms with E-state index in [2.05, 4.69) is 25.1 Å². The van der Waals surface area contributed by atoms with E-state index < -0.39 is 0 Å². The Kier molecular flexibility index (Phi) is 6.72. The molecule has 2 nitrogen and oxygen atoms in total. The molecule has 0 bridgehead atoms. The van der Waals surface area contributed by atoms with Gasteiger partial charge >= 0.3 is 0 Å². The standard InChI is InChI=1S/C11H17NO/c1-4-5-6-7-8-11(13)12-9-10(2)3/h1,7-8,10H,5-6,9H2,2-3H3,(H,12,13)/b8-7+. The van der Waals surface area contributed by atoms with E-state index in [4.69, 9.17) is 6.42 Å². The average Bonchev–Trinajstić information content (AvgIpc) is 2.09. The van der Waals surface area contributed by atoms with E-state index in [0.29, 0.717) is 12.3 Å². The number of carbonyl (C=O) groups is 1. The van der Waals surface area contributed by atoms with Crippen molar-refractivity contribution in [3.05, 3.63) is 12.2 Å². The molecule has 1 N–H and O–H groups in total. The molecule has 13 heavy (non-hydrogen) atoms. The van der Waals surface area contributed by atoms with Crippen LogP contribution in [0.2, 0.25) is 0 Å². The number of amides is 1. The molecule has 2 heteroatoms. The van der Waals surface area contributed by atoms with Crippen molar-refractivity contribution in [1.82, 2.24) is 5.32 Å². The van der Waals surface area contributed by atoms with Gasteiger partial charge in [0.05, 0.1) is 0 Å². The van der Waals surface area contributed by atoms with E-state index in [-0.39, 0.29) is 5.91 Å². The molecule has 0 unspecified atom stereocenters. The van der Waals surface area contributed by atoms with Crippen LogP contribution in [0.15, 0.2) is 12.2 Å². The van der Waals surface area contributed by atoms with E-state index >= 15 is 0 Å². The fourth-order valence-corrected chi connectivity index (χ4v) is 0.721. The van der Waals surface area contributed by atoms with Crippen LogP contribution in [0.25, 0.3) is 0 Å². The number of hydrogen-bond donors (Lipinski definition) is 1. The molecule has 0 aliphatic rings. The Morgan fingerprint density at radius 1 is 1.62 bits per heavy atom. The van der Waals surface area contributed by atoms with Crippen molar-refractivity contribution >= 4 is 5.91 Å². The third-order valence-electron chi connectivity index (χ3n) is 1.41. The summed E-state index contributed by atoms with van der Waals surface area (Å²) >= 11 is 0. The zero-order valence-electron chi connectivity index (χ0n) is 8.34. The Hall–Kier alpha value is -1.23. The quantitative estimate of drug-likeness (QED) is 0.388. The summed E-state index contributed by atoms with van der Waals surface area (Å²) in [4.78, 5) is 11.1. The van der Waals surface area contributed by atoms with Gasteiger partial charge in [-0.05, 0) is 18.4 Å². The molecule has 0 saturated heterocycles. The zero-order chi connectivity index (χ0) is 10.1. The molecule has 0 aliphatic heterocycles. The monoisotopic (exact) mass is 179 g/mol. The molecule has 72 valence electrons. The summed E-state index contributed by atoms with van der Waals surface area (Å²) in [6.07, 6.45) is 9.86. The minimum atomic E-state index is -0.0364. The minimum Gasteiger partial charge on any atom is -0.352 e. The first kappa shape index (κ1) is 11.8. The Morgan fingerprint density at radius 2 is 2.31 bits per heavy atom. The highest BCUT2D eigenvalue weighted by molar-refractivity contribution is 5.87. The van der Waals surface area contributed by atoms with Crippen LogP contribution >= 0.6 is 0 Å². The molecule has 0 atom stereocenters.